The number of rotatable bonds is 11. The molecule has 2 rings (SSSR count). The van der Waals surface area contributed by atoms with E-state index in [1.165, 1.54) is 4.90 Å². The van der Waals surface area contributed by atoms with E-state index in [0.29, 0.717) is 58.2 Å². The summed E-state index contributed by atoms with van der Waals surface area (Å²) in [6, 6.07) is -3.46. The molecule has 7 N–H and O–H groups in total. The first-order chi connectivity index (χ1) is 14.4. The second kappa shape index (κ2) is 11.8. The maximum atomic E-state index is 13.0. The Hall–Kier alpha value is -2.24. The van der Waals surface area contributed by atoms with Gasteiger partial charge in [-0.1, -0.05) is 0 Å². The minimum absolute atomic E-state index is 0.293. The van der Waals surface area contributed by atoms with Crippen LogP contribution in [-0.4, -0.2) is 89.2 Å². The average molecular weight is 428 g/mol. The molecule has 11 nitrogen and oxygen atoms in total. The summed E-state index contributed by atoms with van der Waals surface area (Å²) in [5, 5.41) is 27.1. The molecule has 2 aliphatic heterocycles. The van der Waals surface area contributed by atoms with Crippen molar-refractivity contribution < 1.29 is 29.4 Å². The fraction of sp³-hybridized carbons (Fsp3) is 0.789. The summed E-state index contributed by atoms with van der Waals surface area (Å²) in [6.45, 7) is 0.842. The van der Waals surface area contributed by atoms with Crippen molar-refractivity contribution >= 4 is 23.7 Å². The number of carbonyl (C=O) groups excluding carboxylic acids is 3. The Morgan fingerprint density at radius 3 is 2.47 bits per heavy atom. The molecule has 0 aliphatic carbocycles. The van der Waals surface area contributed by atoms with Crippen molar-refractivity contribution in [3.05, 3.63) is 0 Å². The second-order valence-electron chi connectivity index (χ2n) is 7.77. The fourth-order valence-corrected chi connectivity index (χ4v) is 3.88. The first-order valence-corrected chi connectivity index (χ1v) is 10.6. The molecule has 0 radical (unpaired) electrons. The van der Waals surface area contributed by atoms with E-state index in [-0.39, 0.29) is 5.91 Å². The lowest BCUT2D eigenvalue weighted by Gasteiger charge is -2.28. The van der Waals surface area contributed by atoms with E-state index in [1.54, 1.807) is 0 Å². The van der Waals surface area contributed by atoms with Gasteiger partial charge in [0.25, 0.3) is 0 Å². The average Bonchev–Trinajstić information content (AvgIpc) is 3.42. The predicted octanol–water partition coefficient (Wildman–Crippen LogP) is -2.10. The number of carboxylic acids is 1. The molecule has 2 heterocycles. The number of hydrogen-bond acceptors (Lipinski definition) is 7. The topological polar surface area (TPSA) is 174 Å². The van der Waals surface area contributed by atoms with Crippen LogP contribution in [0, 0.1) is 0 Å². The number of aliphatic hydroxyl groups is 1. The molecule has 0 aromatic carbocycles. The van der Waals surface area contributed by atoms with Gasteiger partial charge in [-0.3, -0.25) is 14.4 Å². The molecule has 3 amide bonds. The van der Waals surface area contributed by atoms with Gasteiger partial charge in [0.1, 0.15) is 18.1 Å². The number of likely N-dealkylation sites (tertiary alicyclic amines) is 1. The van der Waals surface area contributed by atoms with Crippen molar-refractivity contribution in [2.45, 2.75) is 69.1 Å². The number of carboxylic acid groups (broad SMARTS) is 1. The summed E-state index contributed by atoms with van der Waals surface area (Å²) in [5.41, 5.74) is 5.51. The Morgan fingerprint density at radius 1 is 1.10 bits per heavy atom. The lowest BCUT2D eigenvalue weighted by atomic mass is 10.1. The van der Waals surface area contributed by atoms with Gasteiger partial charge in [-0.15, -0.1) is 0 Å². The molecule has 4 unspecified atom stereocenters. The summed E-state index contributed by atoms with van der Waals surface area (Å²) >= 11 is 0. The van der Waals surface area contributed by atoms with Crippen molar-refractivity contribution in [3.8, 4) is 0 Å². The van der Waals surface area contributed by atoms with Crippen molar-refractivity contribution in [1.82, 2.24) is 20.9 Å². The van der Waals surface area contributed by atoms with E-state index in [4.69, 9.17) is 5.73 Å². The number of unbranched alkanes of at least 4 members (excludes halogenated alkanes) is 1. The molecule has 0 saturated carbocycles. The van der Waals surface area contributed by atoms with Gasteiger partial charge in [0.15, 0.2) is 0 Å². The lowest BCUT2D eigenvalue weighted by molar-refractivity contribution is -0.149. The van der Waals surface area contributed by atoms with E-state index in [2.05, 4.69) is 16.0 Å². The van der Waals surface area contributed by atoms with Gasteiger partial charge in [0.2, 0.25) is 17.7 Å². The third kappa shape index (κ3) is 6.38. The molecule has 0 bridgehead atoms. The van der Waals surface area contributed by atoms with Crippen molar-refractivity contribution in [2.75, 3.05) is 26.2 Å². The largest absolute Gasteiger partial charge is 0.480 e. The molecular formula is C19H33N5O6. The number of hydrogen-bond donors (Lipinski definition) is 6. The first kappa shape index (κ1) is 24.0. The Kier molecular flexibility index (Phi) is 9.47. The minimum atomic E-state index is -1.20. The molecule has 0 aromatic rings. The van der Waals surface area contributed by atoms with Crippen molar-refractivity contribution in [2.24, 2.45) is 5.73 Å². The fourth-order valence-electron chi connectivity index (χ4n) is 3.88. The van der Waals surface area contributed by atoms with Crippen LogP contribution < -0.4 is 21.7 Å². The highest BCUT2D eigenvalue weighted by molar-refractivity contribution is 5.94. The van der Waals surface area contributed by atoms with Crippen LogP contribution in [0.2, 0.25) is 0 Å². The molecular weight excluding hydrogens is 394 g/mol. The van der Waals surface area contributed by atoms with Crippen LogP contribution in [0.4, 0.5) is 0 Å². The molecule has 11 heteroatoms. The molecule has 0 spiro atoms. The Morgan fingerprint density at radius 2 is 1.87 bits per heavy atom. The van der Waals surface area contributed by atoms with E-state index in [0.717, 1.165) is 6.42 Å². The molecule has 2 saturated heterocycles. The Bertz CT molecular complexity index is 625. The smallest absolute Gasteiger partial charge is 0.326 e. The van der Waals surface area contributed by atoms with Gasteiger partial charge in [0, 0.05) is 6.54 Å². The van der Waals surface area contributed by atoms with Gasteiger partial charge < -0.3 is 36.8 Å². The van der Waals surface area contributed by atoms with Crippen molar-refractivity contribution in [1.29, 1.82) is 0 Å². The number of aliphatic hydroxyl groups excluding tert-OH is 1. The monoisotopic (exact) mass is 427 g/mol. The zero-order valence-corrected chi connectivity index (χ0v) is 17.1. The standard InChI is InChI=1S/C19H33N5O6/c20-8-2-1-5-13(18(28)24-10-4-7-15(24)19(29)30)22-17(27)14(11-25)23-16(26)12-6-3-9-21-12/h12-15,21,25H,1-11,20H2,(H,22,27)(H,23,26)(H,29,30). The third-order valence-corrected chi connectivity index (χ3v) is 5.57. The van der Waals surface area contributed by atoms with Gasteiger partial charge in [-0.2, -0.15) is 0 Å². The second-order valence-corrected chi connectivity index (χ2v) is 7.77. The van der Waals surface area contributed by atoms with Crippen LogP contribution in [0.25, 0.3) is 0 Å². The maximum Gasteiger partial charge on any atom is 0.326 e. The van der Waals surface area contributed by atoms with Gasteiger partial charge >= 0.3 is 5.97 Å². The first-order valence-electron chi connectivity index (χ1n) is 10.6. The highest BCUT2D eigenvalue weighted by atomic mass is 16.4. The Labute approximate surface area is 175 Å². The van der Waals surface area contributed by atoms with Crippen LogP contribution in [0.3, 0.4) is 0 Å². The molecule has 2 fully saturated rings. The number of nitrogens with one attached hydrogen (secondary N) is 3. The van der Waals surface area contributed by atoms with E-state index >= 15 is 0 Å². The maximum absolute atomic E-state index is 13.0. The quantitative estimate of drug-likeness (QED) is 0.203. The molecule has 2 aliphatic rings. The molecule has 30 heavy (non-hydrogen) atoms. The molecule has 170 valence electrons. The van der Waals surface area contributed by atoms with Crippen LogP contribution in [0.5, 0.6) is 0 Å². The highest BCUT2D eigenvalue weighted by Crippen LogP contribution is 2.20. The summed E-state index contributed by atoms with van der Waals surface area (Å²) in [7, 11) is 0. The molecule has 0 aromatic heterocycles. The number of nitrogens with zero attached hydrogens (tertiary/aromatic N) is 1. The molecule has 4 atom stereocenters. The van der Waals surface area contributed by atoms with Gasteiger partial charge in [-0.25, -0.2) is 4.79 Å². The van der Waals surface area contributed by atoms with E-state index in [9.17, 15) is 29.4 Å². The summed E-state index contributed by atoms with van der Waals surface area (Å²) < 4.78 is 0. The number of aliphatic carboxylic acids is 1. The minimum Gasteiger partial charge on any atom is -0.480 e. The van der Waals surface area contributed by atoms with Crippen LogP contribution in [0.15, 0.2) is 0 Å². The number of amides is 3. The van der Waals surface area contributed by atoms with Gasteiger partial charge in [0.05, 0.1) is 12.6 Å². The zero-order valence-electron chi connectivity index (χ0n) is 17.1. The summed E-state index contributed by atoms with van der Waals surface area (Å²) in [4.78, 5) is 50.7. The summed E-state index contributed by atoms with van der Waals surface area (Å²) in [5.74, 6) is -2.59. The van der Waals surface area contributed by atoms with Crippen LogP contribution >= 0.6 is 0 Å². The normalized spacial score (nSPS) is 23.1. The van der Waals surface area contributed by atoms with Crippen LogP contribution in [-0.2, 0) is 19.2 Å². The predicted molar refractivity (Wildman–Crippen MR) is 107 cm³/mol. The third-order valence-electron chi connectivity index (χ3n) is 5.57. The SMILES string of the molecule is NCCCCC(NC(=O)C(CO)NC(=O)C1CCCN1)C(=O)N1CCCC1C(=O)O. The Balaban J connectivity index is 2.03. The van der Waals surface area contributed by atoms with Crippen molar-refractivity contribution in [3.63, 3.8) is 0 Å². The zero-order chi connectivity index (χ0) is 22.1. The number of carbonyl (C=O) groups is 4. The van der Waals surface area contributed by atoms with Gasteiger partial charge in [-0.05, 0) is 58.0 Å². The van der Waals surface area contributed by atoms with Crippen LogP contribution in [0.1, 0.15) is 44.9 Å². The van der Waals surface area contributed by atoms with E-state index in [1.807, 2.05) is 0 Å². The lowest BCUT2D eigenvalue weighted by Crippen LogP contribution is -2.58. The highest BCUT2D eigenvalue weighted by Gasteiger charge is 2.38. The van der Waals surface area contributed by atoms with E-state index < -0.39 is 48.6 Å². The number of nitrogens with two attached hydrogens (primary N) is 1. The summed E-state index contributed by atoms with van der Waals surface area (Å²) in [6.07, 6.45) is 3.96.